The number of thiophene rings is 1. The van der Waals surface area contributed by atoms with Gasteiger partial charge in [-0.3, -0.25) is 10.1 Å². The van der Waals surface area contributed by atoms with E-state index in [1.165, 1.54) is 17.7 Å². The number of nitrogens with zero attached hydrogens (tertiary/aromatic N) is 3. The van der Waals surface area contributed by atoms with Gasteiger partial charge in [-0.25, -0.2) is 0 Å². The smallest absolute Gasteiger partial charge is 0.270 e. The Hall–Kier alpha value is -2.39. The van der Waals surface area contributed by atoms with Crippen LogP contribution in [0.5, 0.6) is 0 Å². The quantitative estimate of drug-likeness (QED) is 0.637. The van der Waals surface area contributed by atoms with Crippen LogP contribution >= 0.6 is 11.3 Å². The van der Waals surface area contributed by atoms with Gasteiger partial charge < -0.3 is 4.90 Å². The monoisotopic (exact) mass is 299 g/mol. The molecule has 2 aromatic rings. The van der Waals surface area contributed by atoms with Crippen molar-refractivity contribution in [2.24, 2.45) is 0 Å². The van der Waals surface area contributed by atoms with Gasteiger partial charge in [-0.05, 0) is 41.3 Å². The summed E-state index contributed by atoms with van der Waals surface area (Å²) in [6.45, 7) is 0.868. The standard InChI is InChI=1S/C15H13N3O2S/c16-9-12-8-13(18(19)20)3-4-15(12)17-6-1-2-14(17)11-5-7-21-10-11/h3-5,7-8,10,14H,1-2,6H2/t14-/m1/s1. The summed E-state index contributed by atoms with van der Waals surface area (Å²) in [6, 6.07) is 8.97. The summed E-state index contributed by atoms with van der Waals surface area (Å²) in [6.07, 6.45) is 2.10. The van der Waals surface area contributed by atoms with Crippen molar-refractivity contribution < 1.29 is 4.92 Å². The number of anilines is 1. The Morgan fingerprint density at radius 1 is 1.43 bits per heavy atom. The first kappa shape index (κ1) is 13.6. The topological polar surface area (TPSA) is 70.2 Å². The molecule has 1 saturated heterocycles. The molecule has 1 aromatic heterocycles. The zero-order valence-electron chi connectivity index (χ0n) is 11.2. The van der Waals surface area contributed by atoms with Crippen LogP contribution in [-0.4, -0.2) is 11.5 Å². The molecule has 0 radical (unpaired) electrons. The molecule has 1 aliphatic heterocycles. The first-order valence-corrected chi connectivity index (χ1v) is 7.62. The zero-order chi connectivity index (χ0) is 14.8. The fraction of sp³-hybridized carbons (Fsp3) is 0.267. The molecule has 6 heteroatoms. The third kappa shape index (κ3) is 2.48. The normalized spacial score (nSPS) is 17.7. The lowest BCUT2D eigenvalue weighted by Crippen LogP contribution is -2.23. The summed E-state index contributed by atoms with van der Waals surface area (Å²) >= 11 is 1.66. The molecule has 0 bridgehead atoms. The highest BCUT2D eigenvalue weighted by Gasteiger charge is 2.28. The van der Waals surface area contributed by atoms with E-state index in [1.807, 2.05) is 5.38 Å². The molecule has 1 fully saturated rings. The van der Waals surface area contributed by atoms with E-state index in [9.17, 15) is 15.4 Å². The first-order chi connectivity index (χ1) is 10.2. The van der Waals surface area contributed by atoms with Crippen molar-refractivity contribution in [2.45, 2.75) is 18.9 Å². The van der Waals surface area contributed by atoms with E-state index in [1.54, 1.807) is 17.4 Å². The van der Waals surface area contributed by atoms with Gasteiger partial charge in [0.25, 0.3) is 5.69 Å². The maximum absolute atomic E-state index is 10.8. The van der Waals surface area contributed by atoms with Crippen LogP contribution in [0.2, 0.25) is 0 Å². The van der Waals surface area contributed by atoms with Gasteiger partial charge in [0.1, 0.15) is 6.07 Å². The summed E-state index contributed by atoms with van der Waals surface area (Å²) in [7, 11) is 0. The molecule has 5 nitrogen and oxygen atoms in total. The molecule has 21 heavy (non-hydrogen) atoms. The maximum Gasteiger partial charge on any atom is 0.270 e. The fourth-order valence-electron chi connectivity index (χ4n) is 2.84. The third-order valence-electron chi connectivity index (χ3n) is 3.80. The van der Waals surface area contributed by atoms with Crippen LogP contribution in [0.1, 0.15) is 30.0 Å². The molecule has 0 spiro atoms. The average Bonchev–Trinajstić information content (AvgIpc) is 3.16. The van der Waals surface area contributed by atoms with Gasteiger partial charge >= 0.3 is 0 Å². The van der Waals surface area contributed by atoms with Crippen LogP contribution in [0.4, 0.5) is 11.4 Å². The summed E-state index contributed by atoms with van der Waals surface area (Å²) in [5.74, 6) is 0. The summed E-state index contributed by atoms with van der Waals surface area (Å²) in [4.78, 5) is 12.6. The van der Waals surface area contributed by atoms with Crippen LogP contribution in [0.25, 0.3) is 0 Å². The van der Waals surface area contributed by atoms with E-state index >= 15 is 0 Å². The number of rotatable bonds is 3. The van der Waals surface area contributed by atoms with Crippen LogP contribution < -0.4 is 4.90 Å². The fourth-order valence-corrected chi connectivity index (χ4v) is 3.55. The van der Waals surface area contributed by atoms with Crippen LogP contribution in [0.3, 0.4) is 0 Å². The van der Waals surface area contributed by atoms with Crippen molar-refractivity contribution in [1.29, 1.82) is 5.26 Å². The van der Waals surface area contributed by atoms with E-state index in [2.05, 4.69) is 22.4 Å². The molecule has 0 amide bonds. The molecule has 0 aliphatic carbocycles. The Labute approximate surface area is 126 Å². The van der Waals surface area contributed by atoms with Gasteiger partial charge in [-0.2, -0.15) is 16.6 Å². The zero-order valence-corrected chi connectivity index (χ0v) is 12.0. The Kier molecular flexibility index (Phi) is 3.59. The summed E-state index contributed by atoms with van der Waals surface area (Å²) in [5.41, 5.74) is 2.37. The van der Waals surface area contributed by atoms with Gasteiger partial charge in [0.15, 0.2) is 0 Å². The second-order valence-corrected chi connectivity index (χ2v) is 5.76. The minimum Gasteiger partial charge on any atom is -0.363 e. The van der Waals surface area contributed by atoms with E-state index in [4.69, 9.17) is 0 Å². The molecule has 0 unspecified atom stereocenters. The molecule has 106 valence electrons. The van der Waals surface area contributed by atoms with E-state index < -0.39 is 4.92 Å². The molecule has 3 rings (SSSR count). The number of hydrogen-bond acceptors (Lipinski definition) is 5. The lowest BCUT2D eigenvalue weighted by molar-refractivity contribution is -0.384. The predicted octanol–water partition coefficient (Wildman–Crippen LogP) is 3.87. The van der Waals surface area contributed by atoms with Crippen molar-refractivity contribution in [3.63, 3.8) is 0 Å². The number of nitro groups is 1. The number of nitro benzene ring substituents is 1. The number of benzene rings is 1. The third-order valence-corrected chi connectivity index (χ3v) is 4.50. The molecule has 1 aromatic carbocycles. The molecule has 1 atom stereocenters. The largest absolute Gasteiger partial charge is 0.363 e. The highest BCUT2D eigenvalue weighted by Crippen LogP contribution is 2.39. The first-order valence-electron chi connectivity index (χ1n) is 6.68. The van der Waals surface area contributed by atoms with Crippen molar-refractivity contribution in [1.82, 2.24) is 0 Å². The van der Waals surface area contributed by atoms with Crippen LogP contribution in [0.15, 0.2) is 35.0 Å². The van der Waals surface area contributed by atoms with E-state index in [-0.39, 0.29) is 11.7 Å². The van der Waals surface area contributed by atoms with Crippen molar-refractivity contribution >= 4 is 22.7 Å². The molecule has 0 saturated carbocycles. The highest BCUT2D eigenvalue weighted by atomic mass is 32.1. The van der Waals surface area contributed by atoms with Crippen LogP contribution in [0, 0.1) is 21.4 Å². The second kappa shape index (κ2) is 5.54. The lowest BCUT2D eigenvalue weighted by atomic mass is 10.1. The lowest BCUT2D eigenvalue weighted by Gasteiger charge is -2.27. The minimum atomic E-state index is -0.467. The number of hydrogen-bond donors (Lipinski definition) is 0. The van der Waals surface area contributed by atoms with Crippen LogP contribution in [-0.2, 0) is 0 Å². The predicted molar refractivity (Wildman–Crippen MR) is 81.5 cm³/mol. The number of non-ortho nitro benzene ring substituents is 1. The van der Waals surface area contributed by atoms with Crippen molar-refractivity contribution in [2.75, 3.05) is 11.4 Å². The average molecular weight is 299 g/mol. The Morgan fingerprint density at radius 3 is 2.95 bits per heavy atom. The van der Waals surface area contributed by atoms with Gasteiger partial charge in [0.05, 0.1) is 22.2 Å². The highest BCUT2D eigenvalue weighted by molar-refractivity contribution is 7.08. The minimum absolute atomic E-state index is 0.0402. The van der Waals surface area contributed by atoms with Gasteiger partial charge in [0, 0.05) is 18.7 Å². The summed E-state index contributed by atoms with van der Waals surface area (Å²) in [5, 5.41) is 24.3. The molecule has 0 N–H and O–H groups in total. The summed E-state index contributed by atoms with van der Waals surface area (Å²) < 4.78 is 0. The van der Waals surface area contributed by atoms with Gasteiger partial charge in [0.2, 0.25) is 0 Å². The second-order valence-electron chi connectivity index (χ2n) is 4.98. The Balaban J connectivity index is 2.00. The molecular weight excluding hydrogens is 286 g/mol. The van der Waals surface area contributed by atoms with Gasteiger partial charge in [-0.1, -0.05) is 0 Å². The van der Waals surface area contributed by atoms with Crippen molar-refractivity contribution in [3.05, 3.63) is 56.3 Å². The van der Waals surface area contributed by atoms with E-state index in [0.29, 0.717) is 5.56 Å². The Morgan fingerprint density at radius 2 is 2.29 bits per heavy atom. The van der Waals surface area contributed by atoms with Crippen molar-refractivity contribution in [3.8, 4) is 6.07 Å². The number of nitriles is 1. The SMILES string of the molecule is N#Cc1cc([N+](=O)[O-])ccc1N1CCC[C@@H]1c1ccsc1. The molecular formula is C15H13N3O2S. The molecule has 1 aliphatic rings. The van der Waals surface area contributed by atoms with E-state index in [0.717, 1.165) is 25.1 Å². The molecule has 2 heterocycles. The van der Waals surface area contributed by atoms with Gasteiger partial charge in [-0.15, -0.1) is 0 Å². The Bertz CT molecular complexity index is 706. The maximum atomic E-state index is 10.8.